The van der Waals surface area contributed by atoms with E-state index in [9.17, 15) is 4.79 Å². The molecule has 1 fully saturated rings. The first-order valence-electron chi connectivity index (χ1n) is 3.95. The fraction of sp³-hybridized carbons (Fsp3) is 0.375. The predicted octanol–water partition coefficient (Wildman–Crippen LogP) is -0.640. The molecule has 0 bridgehead atoms. The molecule has 0 aliphatic carbocycles. The van der Waals surface area contributed by atoms with E-state index in [4.69, 9.17) is 5.73 Å². The number of hydrazine groups is 1. The molecule has 2 rings (SSSR count). The van der Waals surface area contributed by atoms with Gasteiger partial charge in [0.1, 0.15) is 0 Å². The average molecular weight is 165 g/mol. The van der Waals surface area contributed by atoms with Crippen LogP contribution in [0.4, 0.5) is 0 Å². The third-order valence-corrected chi connectivity index (χ3v) is 2.26. The molecule has 4 heteroatoms. The number of hydrogen-bond donors (Lipinski definition) is 2. The van der Waals surface area contributed by atoms with Crippen LogP contribution in [0.3, 0.4) is 0 Å². The summed E-state index contributed by atoms with van der Waals surface area (Å²) in [6.07, 6.45) is 7.75. The Kier molecular flexibility index (Phi) is 1.62. The number of nitrogens with one attached hydrogen (secondary N) is 1. The van der Waals surface area contributed by atoms with Gasteiger partial charge in [0.25, 0.3) is 0 Å². The van der Waals surface area contributed by atoms with Gasteiger partial charge < -0.3 is 10.7 Å². The summed E-state index contributed by atoms with van der Waals surface area (Å²) in [4.78, 5) is 11.0. The minimum atomic E-state index is -0.241. The number of nitrogens with two attached hydrogens (primary N) is 1. The molecule has 2 aliphatic heterocycles. The standard InChI is InChI=1S/C8H11N3O/c9-8(12)6-5-10-11-4-2-1-3-7(6)11/h1-4,6-7,10H,5H2,(H2,9,12). The summed E-state index contributed by atoms with van der Waals surface area (Å²) in [5.41, 5.74) is 8.33. The Morgan fingerprint density at radius 3 is 3.17 bits per heavy atom. The van der Waals surface area contributed by atoms with Crippen molar-refractivity contribution in [1.29, 1.82) is 0 Å². The number of primary amides is 1. The number of nitrogens with zero attached hydrogens (tertiary/aromatic N) is 1. The van der Waals surface area contributed by atoms with Gasteiger partial charge in [-0.2, -0.15) is 0 Å². The van der Waals surface area contributed by atoms with E-state index < -0.39 is 0 Å². The first-order valence-corrected chi connectivity index (χ1v) is 3.95. The largest absolute Gasteiger partial charge is 0.369 e. The number of fused-ring (bicyclic) bond motifs is 1. The monoisotopic (exact) mass is 165 g/mol. The second-order valence-electron chi connectivity index (χ2n) is 3.00. The van der Waals surface area contributed by atoms with Gasteiger partial charge in [-0.1, -0.05) is 12.2 Å². The van der Waals surface area contributed by atoms with Crippen molar-refractivity contribution in [2.75, 3.05) is 6.54 Å². The van der Waals surface area contributed by atoms with E-state index >= 15 is 0 Å². The maximum atomic E-state index is 11.0. The Morgan fingerprint density at radius 2 is 2.42 bits per heavy atom. The van der Waals surface area contributed by atoms with Crippen LogP contribution in [0.25, 0.3) is 0 Å². The van der Waals surface area contributed by atoms with Crippen molar-refractivity contribution in [3.8, 4) is 0 Å². The van der Waals surface area contributed by atoms with Gasteiger partial charge in [-0.3, -0.25) is 4.79 Å². The van der Waals surface area contributed by atoms with E-state index in [1.807, 2.05) is 29.4 Å². The summed E-state index contributed by atoms with van der Waals surface area (Å²) in [6, 6.07) is 0.104. The molecule has 1 saturated heterocycles. The van der Waals surface area contributed by atoms with Gasteiger partial charge in [-0.15, -0.1) is 0 Å². The number of hydrogen-bond acceptors (Lipinski definition) is 3. The van der Waals surface area contributed by atoms with E-state index in [1.165, 1.54) is 0 Å². The molecule has 0 aromatic rings. The SMILES string of the molecule is NC(=O)C1CNN2C=CC=CC12. The van der Waals surface area contributed by atoms with Crippen molar-refractivity contribution in [3.63, 3.8) is 0 Å². The van der Waals surface area contributed by atoms with Crippen LogP contribution >= 0.6 is 0 Å². The lowest BCUT2D eigenvalue weighted by Gasteiger charge is -2.23. The summed E-state index contributed by atoms with van der Waals surface area (Å²) < 4.78 is 0. The van der Waals surface area contributed by atoms with Crippen LogP contribution in [0.15, 0.2) is 24.4 Å². The Hall–Kier alpha value is -1.29. The highest BCUT2D eigenvalue weighted by atomic mass is 16.1. The first kappa shape index (κ1) is 7.36. The lowest BCUT2D eigenvalue weighted by atomic mass is 9.99. The van der Waals surface area contributed by atoms with Gasteiger partial charge in [0.05, 0.1) is 12.0 Å². The Bertz CT molecular complexity index is 259. The van der Waals surface area contributed by atoms with Crippen LogP contribution < -0.4 is 11.2 Å². The molecule has 0 radical (unpaired) electrons. The summed E-state index contributed by atoms with van der Waals surface area (Å²) in [5, 5.41) is 1.91. The van der Waals surface area contributed by atoms with Crippen molar-refractivity contribution in [2.45, 2.75) is 6.04 Å². The molecule has 2 heterocycles. The lowest BCUT2D eigenvalue weighted by Crippen LogP contribution is -2.36. The van der Waals surface area contributed by atoms with Crippen LogP contribution in [0.5, 0.6) is 0 Å². The van der Waals surface area contributed by atoms with Gasteiger partial charge >= 0.3 is 0 Å². The maximum Gasteiger partial charge on any atom is 0.224 e. The van der Waals surface area contributed by atoms with E-state index in [-0.39, 0.29) is 17.9 Å². The van der Waals surface area contributed by atoms with Crippen molar-refractivity contribution in [3.05, 3.63) is 24.4 Å². The van der Waals surface area contributed by atoms with E-state index in [0.717, 1.165) is 0 Å². The molecule has 3 N–H and O–H groups in total. The van der Waals surface area contributed by atoms with Crippen LogP contribution in [-0.2, 0) is 4.79 Å². The third kappa shape index (κ3) is 1.00. The molecule has 1 amide bonds. The summed E-state index contributed by atoms with van der Waals surface area (Å²) in [5.74, 6) is -0.346. The maximum absolute atomic E-state index is 11.0. The topological polar surface area (TPSA) is 58.4 Å². The van der Waals surface area contributed by atoms with Crippen molar-refractivity contribution in [2.24, 2.45) is 11.7 Å². The molecule has 64 valence electrons. The normalized spacial score (nSPS) is 32.2. The molecular weight excluding hydrogens is 154 g/mol. The van der Waals surface area contributed by atoms with Crippen molar-refractivity contribution < 1.29 is 4.79 Å². The molecule has 0 spiro atoms. The molecule has 0 saturated carbocycles. The summed E-state index contributed by atoms with van der Waals surface area (Å²) in [7, 11) is 0. The number of rotatable bonds is 1. The second kappa shape index (κ2) is 2.64. The molecular formula is C8H11N3O. The molecule has 4 nitrogen and oxygen atoms in total. The first-order chi connectivity index (χ1) is 5.79. The third-order valence-electron chi connectivity index (χ3n) is 2.26. The zero-order valence-electron chi connectivity index (χ0n) is 6.60. The van der Waals surface area contributed by atoms with E-state index in [1.54, 1.807) is 0 Å². The average Bonchev–Trinajstić information content (AvgIpc) is 2.47. The molecule has 12 heavy (non-hydrogen) atoms. The molecule has 2 unspecified atom stereocenters. The highest BCUT2D eigenvalue weighted by Crippen LogP contribution is 2.20. The smallest absolute Gasteiger partial charge is 0.224 e. The quantitative estimate of drug-likeness (QED) is 0.543. The number of amides is 1. The molecule has 0 aromatic heterocycles. The summed E-state index contributed by atoms with van der Waals surface area (Å²) in [6.45, 7) is 0.634. The highest BCUT2D eigenvalue weighted by Gasteiger charge is 2.34. The molecule has 0 aromatic carbocycles. The van der Waals surface area contributed by atoms with E-state index in [0.29, 0.717) is 6.54 Å². The lowest BCUT2D eigenvalue weighted by molar-refractivity contribution is -0.121. The van der Waals surface area contributed by atoms with Crippen molar-refractivity contribution in [1.82, 2.24) is 10.4 Å². The number of carbonyl (C=O) groups excluding carboxylic acids is 1. The summed E-state index contributed by atoms with van der Waals surface area (Å²) >= 11 is 0. The fourth-order valence-electron chi connectivity index (χ4n) is 1.59. The predicted molar refractivity (Wildman–Crippen MR) is 44.6 cm³/mol. The second-order valence-corrected chi connectivity index (χ2v) is 3.00. The Balaban J connectivity index is 2.18. The minimum absolute atomic E-state index is 0.104. The van der Waals surface area contributed by atoms with E-state index in [2.05, 4.69) is 5.43 Å². The van der Waals surface area contributed by atoms with Crippen LogP contribution in [0.2, 0.25) is 0 Å². The van der Waals surface area contributed by atoms with Crippen molar-refractivity contribution >= 4 is 5.91 Å². The number of carbonyl (C=O) groups is 1. The minimum Gasteiger partial charge on any atom is -0.369 e. The number of allylic oxidation sites excluding steroid dienone is 2. The van der Waals surface area contributed by atoms with Crippen LogP contribution in [-0.4, -0.2) is 23.5 Å². The van der Waals surface area contributed by atoms with Crippen LogP contribution in [0, 0.1) is 5.92 Å². The van der Waals surface area contributed by atoms with Gasteiger partial charge in [0.15, 0.2) is 0 Å². The molecule has 2 aliphatic rings. The highest BCUT2D eigenvalue weighted by molar-refractivity contribution is 5.78. The zero-order valence-corrected chi connectivity index (χ0v) is 6.60. The van der Waals surface area contributed by atoms with Crippen LogP contribution in [0.1, 0.15) is 0 Å². The van der Waals surface area contributed by atoms with Gasteiger partial charge in [0.2, 0.25) is 5.91 Å². The fourth-order valence-corrected chi connectivity index (χ4v) is 1.59. The Labute approximate surface area is 70.7 Å². The van der Waals surface area contributed by atoms with Gasteiger partial charge in [-0.05, 0) is 6.08 Å². The van der Waals surface area contributed by atoms with Gasteiger partial charge in [-0.25, -0.2) is 5.43 Å². The van der Waals surface area contributed by atoms with Gasteiger partial charge in [0, 0.05) is 12.7 Å². The zero-order chi connectivity index (χ0) is 8.55. The molecule has 2 atom stereocenters. The Morgan fingerprint density at radius 1 is 1.58 bits per heavy atom.